The molecular formula is C43H78O3. The van der Waals surface area contributed by atoms with Crippen molar-refractivity contribution in [1.82, 2.24) is 0 Å². The second-order valence-corrected chi connectivity index (χ2v) is 14.5. The van der Waals surface area contributed by atoms with Gasteiger partial charge in [-0.3, -0.25) is 0 Å². The first-order valence-electron chi connectivity index (χ1n) is 20.7. The van der Waals surface area contributed by atoms with E-state index in [4.69, 9.17) is 0 Å². The van der Waals surface area contributed by atoms with Crippen molar-refractivity contribution in [2.75, 3.05) is 0 Å². The number of benzene rings is 1. The van der Waals surface area contributed by atoms with Crippen LogP contribution in [0.15, 0.2) is 12.1 Å². The summed E-state index contributed by atoms with van der Waals surface area (Å²) < 4.78 is 0. The minimum atomic E-state index is -1.03. The highest BCUT2D eigenvalue weighted by molar-refractivity contribution is 5.91. The van der Waals surface area contributed by atoms with Crippen molar-refractivity contribution in [2.24, 2.45) is 0 Å². The normalized spacial score (nSPS) is 11.4. The number of hydrogen-bond acceptors (Lipinski definition) is 2. The Morgan fingerprint density at radius 1 is 0.435 bits per heavy atom. The molecule has 0 saturated heterocycles. The van der Waals surface area contributed by atoms with Crippen molar-refractivity contribution in [3.05, 3.63) is 28.8 Å². The molecule has 0 fully saturated rings. The van der Waals surface area contributed by atoms with Crippen LogP contribution in [0, 0.1) is 0 Å². The SMILES string of the molecule is CCCCCCCCCCCCCCCCCCc1ccc(C(=O)O)c(O)c1CCCCCCCCCCCCCCCCCC. The van der Waals surface area contributed by atoms with Gasteiger partial charge in [0.25, 0.3) is 0 Å². The number of carboxylic acid groups (broad SMARTS) is 1. The summed E-state index contributed by atoms with van der Waals surface area (Å²) in [6.45, 7) is 4.57. The lowest BCUT2D eigenvalue weighted by molar-refractivity contribution is 0.0693. The zero-order chi connectivity index (χ0) is 33.3. The average molecular weight is 643 g/mol. The number of carboxylic acids is 1. The molecule has 0 atom stereocenters. The van der Waals surface area contributed by atoms with E-state index in [-0.39, 0.29) is 11.3 Å². The molecule has 2 N–H and O–H groups in total. The highest BCUT2D eigenvalue weighted by Crippen LogP contribution is 2.30. The number of hydrogen-bond donors (Lipinski definition) is 2. The first kappa shape index (κ1) is 42.5. The Bertz CT molecular complexity index is 817. The molecular weight excluding hydrogens is 564 g/mol. The molecule has 0 amide bonds. The molecule has 268 valence electrons. The molecule has 3 nitrogen and oxygen atoms in total. The molecule has 0 unspecified atom stereocenters. The monoisotopic (exact) mass is 643 g/mol. The summed E-state index contributed by atoms with van der Waals surface area (Å²) in [5.41, 5.74) is 2.11. The Morgan fingerprint density at radius 3 is 1.02 bits per heavy atom. The topological polar surface area (TPSA) is 57.5 Å². The lowest BCUT2D eigenvalue weighted by Gasteiger charge is -2.14. The molecule has 3 heteroatoms. The number of phenols is 1. The Labute approximate surface area is 287 Å². The zero-order valence-corrected chi connectivity index (χ0v) is 31.0. The van der Waals surface area contributed by atoms with E-state index in [2.05, 4.69) is 13.8 Å². The van der Waals surface area contributed by atoms with Crippen LogP contribution in [0.25, 0.3) is 0 Å². The van der Waals surface area contributed by atoms with Crippen LogP contribution in [0.1, 0.15) is 241 Å². The largest absolute Gasteiger partial charge is 0.507 e. The van der Waals surface area contributed by atoms with E-state index in [1.165, 1.54) is 186 Å². The van der Waals surface area contributed by atoms with Crippen LogP contribution in [0.2, 0.25) is 0 Å². The van der Waals surface area contributed by atoms with Gasteiger partial charge in [0, 0.05) is 0 Å². The standard InChI is InChI=1S/C43H78O3/c1-3-5-7-9-11-13-15-17-19-21-23-25-27-29-31-33-35-39-37-38-41(43(45)46)42(44)40(39)36-34-32-30-28-26-24-22-20-18-16-14-12-10-8-6-4-2/h37-38,44H,3-36H2,1-2H3,(H,45,46). The molecule has 0 heterocycles. The molecule has 0 aliphatic rings. The molecule has 0 saturated carbocycles. The first-order valence-corrected chi connectivity index (χ1v) is 20.7. The predicted octanol–water partition coefficient (Wildman–Crippen LogP) is 14.7. The number of aromatic carboxylic acids is 1. The number of aryl methyl sites for hydroxylation is 1. The summed E-state index contributed by atoms with van der Waals surface area (Å²) in [6, 6.07) is 3.58. The minimum absolute atomic E-state index is 0.0162. The van der Waals surface area contributed by atoms with E-state index < -0.39 is 5.97 Å². The van der Waals surface area contributed by atoms with E-state index in [1.54, 1.807) is 6.07 Å². The molecule has 0 aliphatic heterocycles. The summed E-state index contributed by atoms with van der Waals surface area (Å²) in [4.78, 5) is 11.7. The molecule has 1 aromatic rings. The fraction of sp³-hybridized carbons (Fsp3) is 0.837. The lowest BCUT2D eigenvalue weighted by atomic mass is 9.93. The van der Waals surface area contributed by atoms with Gasteiger partial charge in [0.2, 0.25) is 0 Å². The predicted molar refractivity (Wildman–Crippen MR) is 202 cm³/mol. The van der Waals surface area contributed by atoms with Gasteiger partial charge in [0.15, 0.2) is 0 Å². The van der Waals surface area contributed by atoms with Gasteiger partial charge in [0.1, 0.15) is 11.3 Å². The number of aromatic hydroxyl groups is 1. The lowest BCUT2D eigenvalue weighted by Crippen LogP contribution is -2.03. The number of rotatable bonds is 35. The van der Waals surface area contributed by atoms with Gasteiger partial charge in [-0.1, -0.05) is 213 Å². The number of unbranched alkanes of at least 4 members (excludes halogenated alkanes) is 30. The van der Waals surface area contributed by atoms with E-state index in [0.717, 1.165) is 43.2 Å². The van der Waals surface area contributed by atoms with Crippen LogP contribution in [0.4, 0.5) is 0 Å². The van der Waals surface area contributed by atoms with E-state index in [9.17, 15) is 15.0 Å². The van der Waals surface area contributed by atoms with Crippen molar-refractivity contribution in [3.63, 3.8) is 0 Å². The van der Waals surface area contributed by atoms with Gasteiger partial charge >= 0.3 is 5.97 Å². The maximum absolute atomic E-state index is 11.7. The van der Waals surface area contributed by atoms with Crippen molar-refractivity contribution in [2.45, 2.75) is 232 Å². The molecule has 0 aromatic heterocycles. The smallest absolute Gasteiger partial charge is 0.339 e. The van der Waals surface area contributed by atoms with Gasteiger partial charge in [-0.05, 0) is 42.9 Å². The zero-order valence-electron chi connectivity index (χ0n) is 31.0. The van der Waals surface area contributed by atoms with Gasteiger partial charge in [0.05, 0.1) is 0 Å². The van der Waals surface area contributed by atoms with Crippen molar-refractivity contribution >= 4 is 5.97 Å². The summed E-state index contributed by atoms with van der Waals surface area (Å²) in [7, 11) is 0. The van der Waals surface area contributed by atoms with Crippen molar-refractivity contribution in [1.29, 1.82) is 0 Å². The van der Waals surface area contributed by atoms with Crippen LogP contribution in [0.5, 0.6) is 5.75 Å². The first-order chi connectivity index (χ1) is 22.6. The highest BCUT2D eigenvalue weighted by Gasteiger charge is 2.16. The second-order valence-electron chi connectivity index (χ2n) is 14.5. The Balaban J connectivity index is 2.13. The van der Waals surface area contributed by atoms with Crippen molar-refractivity contribution < 1.29 is 15.0 Å². The van der Waals surface area contributed by atoms with Gasteiger partial charge in [-0.25, -0.2) is 4.79 Å². The third-order valence-electron chi connectivity index (χ3n) is 10.2. The third kappa shape index (κ3) is 23.8. The van der Waals surface area contributed by atoms with Gasteiger partial charge in [-0.2, -0.15) is 0 Å². The Hall–Kier alpha value is -1.51. The molecule has 46 heavy (non-hydrogen) atoms. The van der Waals surface area contributed by atoms with Gasteiger partial charge < -0.3 is 10.2 Å². The molecule has 0 spiro atoms. The van der Waals surface area contributed by atoms with Crippen LogP contribution in [-0.4, -0.2) is 16.2 Å². The van der Waals surface area contributed by atoms with Crippen molar-refractivity contribution in [3.8, 4) is 5.75 Å². The molecule has 1 rings (SSSR count). The fourth-order valence-corrected chi connectivity index (χ4v) is 7.08. The maximum Gasteiger partial charge on any atom is 0.339 e. The second kappa shape index (κ2) is 32.1. The quantitative estimate of drug-likeness (QED) is 0.0724. The van der Waals surface area contributed by atoms with E-state index >= 15 is 0 Å². The van der Waals surface area contributed by atoms with Crippen LogP contribution >= 0.6 is 0 Å². The van der Waals surface area contributed by atoms with E-state index in [0.29, 0.717) is 0 Å². The summed E-state index contributed by atoms with van der Waals surface area (Å²) >= 11 is 0. The molecule has 0 radical (unpaired) electrons. The molecule has 0 aliphatic carbocycles. The third-order valence-corrected chi connectivity index (χ3v) is 10.2. The van der Waals surface area contributed by atoms with E-state index in [1.807, 2.05) is 6.07 Å². The average Bonchev–Trinajstić information content (AvgIpc) is 3.05. The summed E-state index contributed by atoms with van der Waals surface area (Å²) in [5, 5.41) is 20.4. The van der Waals surface area contributed by atoms with Crippen LogP contribution < -0.4 is 0 Å². The van der Waals surface area contributed by atoms with Crippen LogP contribution in [-0.2, 0) is 12.8 Å². The highest BCUT2D eigenvalue weighted by atomic mass is 16.4. The minimum Gasteiger partial charge on any atom is -0.507 e. The number of carbonyl (C=O) groups is 1. The Kier molecular flexibility index (Phi) is 29.6. The fourth-order valence-electron chi connectivity index (χ4n) is 7.08. The molecule has 0 bridgehead atoms. The molecule has 1 aromatic carbocycles. The van der Waals surface area contributed by atoms with Crippen LogP contribution in [0.3, 0.4) is 0 Å². The maximum atomic E-state index is 11.7. The van der Waals surface area contributed by atoms with Gasteiger partial charge in [-0.15, -0.1) is 0 Å². The summed E-state index contributed by atoms with van der Waals surface area (Å²) in [6.07, 6.45) is 45.0. The Morgan fingerprint density at radius 2 is 0.717 bits per heavy atom. The summed E-state index contributed by atoms with van der Waals surface area (Å²) in [5.74, 6) is -1.01.